The number of nitrogens with zero attached hydrogens (tertiary/aromatic N) is 1. The van der Waals surface area contributed by atoms with Crippen LogP contribution in [-0.2, 0) is 0 Å². The summed E-state index contributed by atoms with van der Waals surface area (Å²) >= 11 is 3.41. The number of carbonyl (C=O) groups excluding carboxylic acids is 1. The SMILES string of the molecule is CN(CCCCCBr)C(=O)c1ccc2c(c1)OCCO2. The molecule has 1 aliphatic heterocycles. The van der Waals surface area contributed by atoms with Gasteiger partial charge in [-0.25, -0.2) is 0 Å². The van der Waals surface area contributed by atoms with Gasteiger partial charge < -0.3 is 14.4 Å². The fourth-order valence-electron chi connectivity index (χ4n) is 2.12. The Balaban J connectivity index is 1.94. The summed E-state index contributed by atoms with van der Waals surface area (Å²) in [6.45, 7) is 1.88. The molecule has 0 spiro atoms. The Labute approximate surface area is 128 Å². The minimum absolute atomic E-state index is 0.0285. The average molecular weight is 342 g/mol. The van der Waals surface area contributed by atoms with E-state index in [1.165, 1.54) is 0 Å². The molecule has 2 rings (SSSR count). The largest absolute Gasteiger partial charge is 0.486 e. The van der Waals surface area contributed by atoms with E-state index in [0.29, 0.717) is 30.3 Å². The van der Waals surface area contributed by atoms with Crippen LogP contribution in [0.15, 0.2) is 18.2 Å². The van der Waals surface area contributed by atoms with Crippen LogP contribution in [0.2, 0.25) is 0 Å². The molecule has 1 aliphatic rings. The van der Waals surface area contributed by atoms with Gasteiger partial charge in [0.25, 0.3) is 5.91 Å². The van der Waals surface area contributed by atoms with Gasteiger partial charge in [0.05, 0.1) is 0 Å². The molecule has 1 heterocycles. The van der Waals surface area contributed by atoms with Crippen LogP contribution >= 0.6 is 15.9 Å². The monoisotopic (exact) mass is 341 g/mol. The molecule has 0 atom stereocenters. The van der Waals surface area contributed by atoms with Crippen molar-refractivity contribution in [3.8, 4) is 11.5 Å². The maximum atomic E-state index is 12.3. The van der Waals surface area contributed by atoms with Crippen LogP contribution in [0.3, 0.4) is 0 Å². The first kappa shape index (κ1) is 15.2. The molecule has 0 radical (unpaired) electrons. The van der Waals surface area contributed by atoms with Crippen LogP contribution in [0.5, 0.6) is 11.5 Å². The third kappa shape index (κ3) is 3.88. The first-order valence-electron chi connectivity index (χ1n) is 6.93. The highest BCUT2D eigenvalue weighted by atomic mass is 79.9. The molecule has 110 valence electrons. The Morgan fingerprint density at radius 1 is 1.20 bits per heavy atom. The lowest BCUT2D eigenvalue weighted by Crippen LogP contribution is -2.28. The molecule has 1 aromatic carbocycles. The third-order valence-corrected chi connectivity index (χ3v) is 3.82. The molecule has 0 bridgehead atoms. The number of fused-ring (bicyclic) bond motifs is 1. The Bertz CT molecular complexity index is 464. The zero-order valence-electron chi connectivity index (χ0n) is 11.7. The van der Waals surface area contributed by atoms with E-state index in [1.54, 1.807) is 23.1 Å². The van der Waals surface area contributed by atoms with E-state index in [4.69, 9.17) is 9.47 Å². The zero-order valence-corrected chi connectivity index (χ0v) is 13.3. The molecule has 5 heteroatoms. The van der Waals surface area contributed by atoms with Crippen LogP contribution in [0.1, 0.15) is 29.6 Å². The van der Waals surface area contributed by atoms with E-state index < -0.39 is 0 Å². The van der Waals surface area contributed by atoms with Crippen LogP contribution in [0.4, 0.5) is 0 Å². The van der Waals surface area contributed by atoms with Gasteiger partial charge >= 0.3 is 0 Å². The molecular formula is C15H20BrNO3. The lowest BCUT2D eigenvalue weighted by Gasteiger charge is -2.21. The molecule has 0 fully saturated rings. The highest BCUT2D eigenvalue weighted by molar-refractivity contribution is 9.09. The molecule has 20 heavy (non-hydrogen) atoms. The minimum atomic E-state index is 0.0285. The summed E-state index contributed by atoms with van der Waals surface area (Å²) < 4.78 is 11.0. The molecule has 0 saturated heterocycles. The number of ether oxygens (including phenoxy) is 2. The second kappa shape index (κ2) is 7.53. The Morgan fingerprint density at radius 3 is 2.70 bits per heavy atom. The van der Waals surface area contributed by atoms with Crippen molar-refractivity contribution in [3.63, 3.8) is 0 Å². The molecule has 0 aliphatic carbocycles. The van der Waals surface area contributed by atoms with Gasteiger partial charge in [0.2, 0.25) is 0 Å². The van der Waals surface area contributed by atoms with Gasteiger partial charge in [-0.1, -0.05) is 22.4 Å². The van der Waals surface area contributed by atoms with Gasteiger partial charge in [0.15, 0.2) is 11.5 Å². The van der Waals surface area contributed by atoms with E-state index in [-0.39, 0.29) is 5.91 Å². The quantitative estimate of drug-likeness (QED) is 0.589. The number of alkyl halides is 1. The third-order valence-electron chi connectivity index (χ3n) is 3.26. The molecule has 0 unspecified atom stereocenters. The van der Waals surface area contributed by atoms with E-state index >= 15 is 0 Å². The summed E-state index contributed by atoms with van der Waals surface area (Å²) in [5.41, 5.74) is 0.650. The van der Waals surface area contributed by atoms with E-state index in [2.05, 4.69) is 15.9 Å². The van der Waals surface area contributed by atoms with Crippen molar-refractivity contribution in [2.45, 2.75) is 19.3 Å². The average Bonchev–Trinajstić information content (AvgIpc) is 2.50. The highest BCUT2D eigenvalue weighted by Crippen LogP contribution is 2.31. The van der Waals surface area contributed by atoms with Crippen LogP contribution < -0.4 is 9.47 Å². The molecule has 1 aromatic rings. The highest BCUT2D eigenvalue weighted by Gasteiger charge is 2.17. The number of rotatable bonds is 6. The smallest absolute Gasteiger partial charge is 0.253 e. The van der Waals surface area contributed by atoms with Crippen molar-refractivity contribution in [3.05, 3.63) is 23.8 Å². The van der Waals surface area contributed by atoms with Crippen molar-refractivity contribution in [2.75, 3.05) is 32.1 Å². The van der Waals surface area contributed by atoms with Gasteiger partial charge in [0, 0.05) is 24.5 Å². The fourth-order valence-corrected chi connectivity index (χ4v) is 2.52. The second-order valence-corrected chi connectivity index (χ2v) is 5.63. The molecule has 1 amide bonds. The molecule has 0 saturated carbocycles. The van der Waals surface area contributed by atoms with Gasteiger partial charge in [-0.2, -0.15) is 0 Å². The van der Waals surface area contributed by atoms with Crippen molar-refractivity contribution in [2.24, 2.45) is 0 Å². The number of halogens is 1. The molecular weight excluding hydrogens is 322 g/mol. The Morgan fingerprint density at radius 2 is 1.95 bits per heavy atom. The van der Waals surface area contributed by atoms with E-state index in [0.717, 1.165) is 31.1 Å². The lowest BCUT2D eigenvalue weighted by atomic mass is 10.1. The van der Waals surface area contributed by atoms with Crippen LogP contribution in [0, 0.1) is 0 Å². The fraction of sp³-hybridized carbons (Fsp3) is 0.533. The summed E-state index contributed by atoms with van der Waals surface area (Å²) in [5.74, 6) is 1.41. The van der Waals surface area contributed by atoms with Crippen molar-refractivity contribution in [1.82, 2.24) is 4.90 Å². The van der Waals surface area contributed by atoms with Crippen molar-refractivity contribution >= 4 is 21.8 Å². The van der Waals surface area contributed by atoms with Crippen LogP contribution in [-0.4, -0.2) is 42.9 Å². The topological polar surface area (TPSA) is 38.8 Å². The Hall–Kier alpha value is -1.23. The Kier molecular flexibility index (Phi) is 5.71. The minimum Gasteiger partial charge on any atom is -0.486 e. The first-order valence-corrected chi connectivity index (χ1v) is 8.05. The molecule has 0 N–H and O–H groups in total. The second-order valence-electron chi connectivity index (χ2n) is 4.83. The normalized spacial score (nSPS) is 13.1. The first-order chi connectivity index (χ1) is 9.72. The zero-order chi connectivity index (χ0) is 14.4. The summed E-state index contributed by atoms with van der Waals surface area (Å²) in [6, 6.07) is 5.37. The number of carbonyl (C=O) groups is 1. The van der Waals surface area contributed by atoms with Gasteiger partial charge in [0.1, 0.15) is 13.2 Å². The summed E-state index contributed by atoms with van der Waals surface area (Å²) in [4.78, 5) is 14.1. The predicted molar refractivity (Wildman–Crippen MR) is 82.0 cm³/mol. The summed E-state index contributed by atoms with van der Waals surface area (Å²) in [7, 11) is 1.84. The summed E-state index contributed by atoms with van der Waals surface area (Å²) in [5, 5.41) is 1.02. The van der Waals surface area contributed by atoms with E-state index in [9.17, 15) is 4.79 Å². The lowest BCUT2D eigenvalue weighted by molar-refractivity contribution is 0.0791. The van der Waals surface area contributed by atoms with E-state index in [1.807, 2.05) is 7.05 Å². The van der Waals surface area contributed by atoms with Crippen LogP contribution in [0.25, 0.3) is 0 Å². The van der Waals surface area contributed by atoms with Gasteiger partial charge in [-0.3, -0.25) is 4.79 Å². The standard InChI is InChI=1S/C15H20BrNO3/c1-17(8-4-2-3-7-16)15(18)12-5-6-13-14(11-12)20-10-9-19-13/h5-6,11H,2-4,7-10H2,1H3. The number of amides is 1. The van der Waals surface area contributed by atoms with Gasteiger partial charge in [-0.15, -0.1) is 0 Å². The van der Waals surface area contributed by atoms with Crippen molar-refractivity contribution in [1.29, 1.82) is 0 Å². The molecule has 4 nitrogen and oxygen atoms in total. The maximum Gasteiger partial charge on any atom is 0.253 e. The number of benzene rings is 1. The maximum absolute atomic E-state index is 12.3. The number of hydrogen-bond acceptors (Lipinski definition) is 3. The number of hydrogen-bond donors (Lipinski definition) is 0. The molecule has 0 aromatic heterocycles. The van der Waals surface area contributed by atoms with Crippen molar-refractivity contribution < 1.29 is 14.3 Å². The number of unbranched alkanes of at least 4 members (excludes halogenated alkanes) is 2. The van der Waals surface area contributed by atoms with Gasteiger partial charge in [-0.05, 0) is 31.0 Å². The predicted octanol–water partition coefficient (Wildman–Crippen LogP) is 3.10. The summed E-state index contributed by atoms with van der Waals surface area (Å²) in [6.07, 6.45) is 3.30.